The standard InChI is InChI=1S/C23H26N2O5/c1-24(2)13-14-25-19(16-11-8-12-17(29-3)22(16)30-4)18(21(27)23(25)28)20(26)15-9-6-5-7-10-15/h5-12,19,26H,13-14H2,1-4H3/b20-18+/t19-/m1/s1. The van der Waals surface area contributed by atoms with Crippen LogP contribution in [-0.2, 0) is 9.59 Å². The molecule has 0 aliphatic carbocycles. The topological polar surface area (TPSA) is 79.3 Å². The van der Waals surface area contributed by atoms with Crippen LogP contribution in [0.3, 0.4) is 0 Å². The highest BCUT2D eigenvalue weighted by molar-refractivity contribution is 6.46. The van der Waals surface area contributed by atoms with Crippen LogP contribution in [0.1, 0.15) is 17.2 Å². The highest BCUT2D eigenvalue weighted by Crippen LogP contribution is 2.45. The number of para-hydroxylation sites is 1. The van der Waals surface area contributed by atoms with Crippen LogP contribution in [0.15, 0.2) is 54.1 Å². The normalized spacial score (nSPS) is 18.2. The number of ketones is 1. The lowest BCUT2D eigenvalue weighted by Gasteiger charge is -2.28. The van der Waals surface area contributed by atoms with Gasteiger partial charge in [-0.05, 0) is 20.2 Å². The largest absolute Gasteiger partial charge is 0.507 e. The zero-order valence-electron chi connectivity index (χ0n) is 17.6. The molecule has 0 radical (unpaired) electrons. The summed E-state index contributed by atoms with van der Waals surface area (Å²) in [5, 5.41) is 11.0. The van der Waals surface area contributed by atoms with Gasteiger partial charge in [0.15, 0.2) is 11.5 Å². The van der Waals surface area contributed by atoms with Crippen LogP contribution in [0, 0.1) is 0 Å². The Balaban J connectivity index is 2.23. The number of carbonyl (C=O) groups is 2. The summed E-state index contributed by atoms with van der Waals surface area (Å²) < 4.78 is 11.0. The van der Waals surface area contributed by atoms with Crippen molar-refractivity contribution in [2.45, 2.75) is 6.04 Å². The predicted octanol–water partition coefficient (Wildman–Crippen LogP) is 2.69. The Morgan fingerprint density at radius 1 is 1.03 bits per heavy atom. The van der Waals surface area contributed by atoms with Gasteiger partial charge in [0, 0.05) is 24.2 Å². The minimum absolute atomic E-state index is 0.0384. The number of methoxy groups -OCH3 is 2. The first-order valence-electron chi connectivity index (χ1n) is 9.60. The third-order valence-corrected chi connectivity index (χ3v) is 5.10. The van der Waals surface area contributed by atoms with Gasteiger partial charge in [-0.25, -0.2) is 0 Å². The second-order valence-corrected chi connectivity index (χ2v) is 7.24. The van der Waals surface area contributed by atoms with Gasteiger partial charge in [0.2, 0.25) is 0 Å². The molecule has 3 rings (SSSR count). The third kappa shape index (κ3) is 3.89. The lowest BCUT2D eigenvalue weighted by Crippen LogP contribution is -2.35. The number of hydrogen-bond donors (Lipinski definition) is 1. The molecule has 0 spiro atoms. The average molecular weight is 410 g/mol. The zero-order valence-corrected chi connectivity index (χ0v) is 17.6. The Labute approximate surface area is 176 Å². The number of carbonyl (C=O) groups excluding carboxylic acids is 2. The lowest BCUT2D eigenvalue weighted by atomic mass is 9.94. The molecule has 7 heteroatoms. The second-order valence-electron chi connectivity index (χ2n) is 7.24. The summed E-state index contributed by atoms with van der Waals surface area (Å²) >= 11 is 0. The van der Waals surface area contributed by atoms with Gasteiger partial charge in [0.25, 0.3) is 11.7 Å². The van der Waals surface area contributed by atoms with Crippen LogP contribution in [0.2, 0.25) is 0 Å². The van der Waals surface area contributed by atoms with Crippen molar-refractivity contribution in [2.24, 2.45) is 0 Å². The first-order valence-corrected chi connectivity index (χ1v) is 9.60. The van der Waals surface area contributed by atoms with E-state index in [9.17, 15) is 14.7 Å². The van der Waals surface area contributed by atoms with Gasteiger partial charge in [-0.3, -0.25) is 9.59 Å². The van der Waals surface area contributed by atoms with Gasteiger partial charge in [0.1, 0.15) is 5.76 Å². The minimum Gasteiger partial charge on any atom is -0.507 e. The Bertz CT molecular complexity index is 969. The van der Waals surface area contributed by atoms with E-state index in [4.69, 9.17) is 9.47 Å². The van der Waals surface area contributed by atoms with E-state index in [1.54, 1.807) is 42.5 Å². The number of Topliss-reactive ketones (excluding diaryl/α,β-unsaturated/α-hetero) is 1. The maximum atomic E-state index is 13.0. The van der Waals surface area contributed by atoms with Crippen molar-refractivity contribution < 1.29 is 24.2 Å². The van der Waals surface area contributed by atoms with Gasteiger partial charge in [-0.2, -0.15) is 0 Å². The molecular formula is C23H26N2O5. The van der Waals surface area contributed by atoms with Crippen molar-refractivity contribution in [1.29, 1.82) is 0 Å². The van der Waals surface area contributed by atoms with Crippen LogP contribution in [0.5, 0.6) is 11.5 Å². The average Bonchev–Trinajstić information content (AvgIpc) is 3.01. The Morgan fingerprint density at radius 3 is 2.33 bits per heavy atom. The summed E-state index contributed by atoms with van der Waals surface area (Å²) in [5.41, 5.74) is 1.08. The number of likely N-dealkylation sites (tertiary alicyclic amines) is 1. The predicted molar refractivity (Wildman–Crippen MR) is 114 cm³/mol. The molecule has 1 atom stereocenters. The monoisotopic (exact) mass is 410 g/mol. The van der Waals surface area contributed by atoms with Crippen molar-refractivity contribution in [3.63, 3.8) is 0 Å². The number of nitrogens with zero attached hydrogens (tertiary/aromatic N) is 2. The second kappa shape index (κ2) is 9.00. The van der Waals surface area contributed by atoms with E-state index < -0.39 is 17.7 Å². The Kier molecular flexibility index (Phi) is 6.42. The summed E-state index contributed by atoms with van der Waals surface area (Å²) in [6, 6.07) is 13.2. The van der Waals surface area contributed by atoms with Crippen LogP contribution in [0.4, 0.5) is 0 Å². The van der Waals surface area contributed by atoms with Crippen LogP contribution < -0.4 is 9.47 Å². The SMILES string of the molecule is COc1cccc([C@@H]2/C(=C(\O)c3ccccc3)C(=O)C(=O)N2CCN(C)C)c1OC. The molecule has 7 nitrogen and oxygen atoms in total. The zero-order chi connectivity index (χ0) is 21.8. The quantitative estimate of drug-likeness (QED) is 0.430. The number of hydrogen-bond acceptors (Lipinski definition) is 6. The van der Waals surface area contributed by atoms with Crippen LogP contribution >= 0.6 is 0 Å². The van der Waals surface area contributed by atoms with Gasteiger partial charge in [-0.1, -0.05) is 42.5 Å². The molecule has 1 fully saturated rings. The lowest BCUT2D eigenvalue weighted by molar-refractivity contribution is -0.140. The summed E-state index contributed by atoms with van der Waals surface area (Å²) in [4.78, 5) is 29.4. The number of benzene rings is 2. The number of likely N-dealkylation sites (N-methyl/N-ethyl adjacent to an activating group) is 1. The van der Waals surface area contributed by atoms with E-state index in [0.717, 1.165) is 0 Å². The molecule has 1 aliphatic heterocycles. The van der Waals surface area contributed by atoms with Crippen molar-refractivity contribution in [3.05, 3.63) is 65.2 Å². The van der Waals surface area contributed by atoms with E-state index in [-0.39, 0.29) is 11.3 Å². The van der Waals surface area contributed by atoms with E-state index in [2.05, 4.69) is 0 Å². The van der Waals surface area contributed by atoms with E-state index in [1.165, 1.54) is 19.1 Å². The van der Waals surface area contributed by atoms with E-state index >= 15 is 0 Å². The van der Waals surface area contributed by atoms with Gasteiger partial charge in [-0.15, -0.1) is 0 Å². The smallest absolute Gasteiger partial charge is 0.295 e. The van der Waals surface area contributed by atoms with Gasteiger partial charge < -0.3 is 24.4 Å². The molecule has 1 amide bonds. The number of ether oxygens (including phenoxy) is 2. The fraction of sp³-hybridized carbons (Fsp3) is 0.304. The van der Waals surface area contributed by atoms with Crippen molar-refractivity contribution >= 4 is 17.4 Å². The highest BCUT2D eigenvalue weighted by atomic mass is 16.5. The van der Waals surface area contributed by atoms with Crippen molar-refractivity contribution in [3.8, 4) is 11.5 Å². The van der Waals surface area contributed by atoms with Gasteiger partial charge >= 0.3 is 0 Å². The van der Waals surface area contributed by atoms with E-state index in [0.29, 0.717) is 35.7 Å². The molecule has 158 valence electrons. The third-order valence-electron chi connectivity index (χ3n) is 5.10. The first kappa shape index (κ1) is 21.4. The fourth-order valence-electron chi connectivity index (χ4n) is 3.62. The number of amides is 1. The molecule has 0 bridgehead atoms. The van der Waals surface area contributed by atoms with E-state index in [1.807, 2.05) is 25.1 Å². The maximum absolute atomic E-state index is 13.0. The summed E-state index contributed by atoms with van der Waals surface area (Å²) in [7, 11) is 6.81. The molecule has 0 aromatic heterocycles. The van der Waals surface area contributed by atoms with Crippen molar-refractivity contribution in [1.82, 2.24) is 9.80 Å². The molecule has 1 N–H and O–H groups in total. The molecule has 1 saturated heterocycles. The molecular weight excluding hydrogens is 384 g/mol. The molecule has 2 aromatic carbocycles. The molecule has 2 aromatic rings. The fourth-order valence-corrected chi connectivity index (χ4v) is 3.62. The number of rotatable bonds is 7. The molecule has 1 heterocycles. The minimum atomic E-state index is -0.796. The highest BCUT2D eigenvalue weighted by Gasteiger charge is 2.47. The van der Waals surface area contributed by atoms with Crippen LogP contribution in [0.25, 0.3) is 5.76 Å². The molecule has 30 heavy (non-hydrogen) atoms. The summed E-state index contributed by atoms with van der Waals surface area (Å²) in [5.74, 6) is -0.681. The van der Waals surface area contributed by atoms with Crippen LogP contribution in [-0.4, -0.2) is 68.0 Å². The summed E-state index contributed by atoms with van der Waals surface area (Å²) in [6.07, 6.45) is 0. The van der Waals surface area contributed by atoms with Crippen molar-refractivity contribution in [2.75, 3.05) is 41.4 Å². The maximum Gasteiger partial charge on any atom is 0.295 e. The Hall–Kier alpha value is -3.32. The number of aliphatic hydroxyl groups excluding tert-OH is 1. The van der Waals surface area contributed by atoms with Gasteiger partial charge in [0.05, 0.1) is 25.8 Å². The summed E-state index contributed by atoms with van der Waals surface area (Å²) in [6.45, 7) is 0.870. The Morgan fingerprint density at radius 2 is 1.73 bits per heavy atom. The molecule has 0 unspecified atom stereocenters. The molecule has 1 aliphatic rings. The first-order chi connectivity index (χ1) is 14.4. The number of aliphatic hydroxyl groups is 1. The molecule has 0 saturated carbocycles.